The summed E-state index contributed by atoms with van der Waals surface area (Å²) in [5.41, 5.74) is -1.89. The predicted molar refractivity (Wildman–Crippen MR) is 274 cm³/mol. The molecular formula is C40H41N12NaO20S6. The van der Waals surface area contributed by atoms with Crippen molar-refractivity contribution in [3.05, 3.63) is 83.9 Å². The van der Waals surface area contributed by atoms with Crippen LogP contribution in [0.5, 0.6) is 0 Å². The molecule has 4 aromatic carbocycles. The predicted octanol–water partition coefficient (Wildman–Crippen LogP) is -0.529. The van der Waals surface area contributed by atoms with E-state index in [1.54, 1.807) is 9.80 Å². The number of rotatable bonds is 18. The molecule has 0 aliphatic carbocycles. The Morgan fingerprint density at radius 2 is 0.722 bits per heavy atom. The second kappa shape index (κ2) is 23.5. The fourth-order valence-corrected chi connectivity index (χ4v) is 11.1. The van der Waals surface area contributed by atoms with Crippen molar-refractivity contribution in [3.8, 4) is 0 Å². The van der Waals surface area contributed by atoms with Gasteiger partial charge in [0.1, 0.15) is 19.6 Å². The molecule has 2 aliphatic rings. The van der Waals surface area contributed by atoms with Gasteiger partial charge >= 0.3 is 29.6 Å². The summed E-state index contributed by atoms with van der Waals surface area (Å²) in [7, 11) is -30.1. The molecule has 0 bridgehead atoms. The van der Waals surface area contributed by atoms with Crippen molar-refractivity contribution in [3.63, 3.8) is 0 Å². The van der Waals surface area contributed by atoms with Gasteiger partial charge in [-0.25, -0.2) is 0 Å². The zero-order valence-electron chi connectivity index (χ0n) is 41.2. The molecule has 0 amide bonds. The van der Waals surface area contributed by atoms with Crippen molar-refractivity contribution in [2.75, 3.05) is 83.7 Å². The number of nitrogens with one attached hydrogen (secondary N) is 4. The second-order valence-corrected chi connectivity index (χ2v) is 24.7. The molecule has 0 unspecified atom stereocenters. The van der Waals surface area contributed by atoms with Gasteiger partial charge in [-0.1, -0.05) is 24.3 Å². The SMILES string of the molecule is O=S(=O)(O)c1ccc(S(=O)(=O)O)c(Nc2nc(Nc3ccc(/C=C/c4ccc(Nc5nc(Nc6cc(S(=O)(=O)O)ccc6S(=O)(=O)O)nc(N6CCOCC6)n5)cc4S(=O)(=O)O)c(S(=O)(=O)O)c3)nc(N3CCOCC3)n2)c1.[H-].[Na+]. The molecular weight excluding hydrogens is 1180 g/mol. The Kier molecular flexibility index (Phi) is 18.0. The molecule has 2 saturated heterocycles. The number of benzene rings is 4. The Labute approximate surface area is 473 Å². The Balaban J connectivity index is 0.00000516. The molecule has 39 heteroatoms. The summed E-state index contributed by atoms with van der Waals surface area (Å²) in [5.74, 6) is -1.72. The summed E-state index contributed by atoms with van der Waals surface area (Å²) in [5, 5.41) is 10.5. The minimum atomic E-state index is -5.12. The average Bonchev–Trinajstić information content (AvgIpc) is 3.37. The maximum Gasteiger partial charge on any atom is 1.00 e. The molecule has 4 heterocycles. The zero-order chi connectivity index (χ0) is 56.6. The number of ether oxygens (including phenoxy) is 2. The van der Waals surface area contributed by atoms with E-state index in [1.807, 2.05) is 0 Å². The van der Waals surface area contributed by atoms with E-state index in [9.17, 15) is 77.8 Å². The molecule has 2 fully saturated rings. The monoisotopic (exact) mass is 1220 g/mol. The summed E-state index contributed by atoms with van der Waals surface area (Å²) < 4.78 is 219. The van der Waals surface area contributed by atoms with E-state index in [-0.39, 0.29) is 130 Å². The normalized spacial score (nSPS) is 14.9. The van der Waals surface area contributed by atoms with Crippen LogP contribution in [0.25, 0.3) is 12.2 Å². The van der Waals surface area contributed by atoms with Crippen LogP contribution in [0.15, 0.2) is 102 Å². The van der Waals surface area contributed by atoms with Crippen molar-refractivity contribution in [2.45, 2.75) is 29.4 Å². The largest absolute Gasteiger partial charge is 1.00 e. The van der Waals surface area contributed by atoms with E-state index in [0.29, 0.717) is 24.3 Å². The first-order valence-electron chi connectivity index (χ1n) is 21.7. The van der Waals surface area contributed by atoms with Crippen LogP contribution >= 0.6 is 0 Å². The molecule has 32 nitrogen and oxygen atoms in total. The average molecular weight is 1230 g/mol. The summed E-state index contributed by atoms with van der Waals surface area (Å²) in [6.07, 6.45) is 2.16. The van der Waals surface area contributed by atoms with Crippen LogP contribution in [-0.4, -0.2) is 160 Å². The number of hydrogen-bond donors (Lipinski definition) is 10. The van der Waals surface area contributed by atoms with Crippen LogP contribution < -0.4 is 60.6 Å². The molecule has 0 saturated carbocycles. The molecule has 418 valence electrons. The molecule has 2 aliphatic heterocycles. The molecule has 0 atom stereocenters. The smallest absolute Gasteiger partial charge is 1.00 e. The Hall–Kier alpha value is -6.18. The number of hydrogen-bond acceptors (Lipinski definition) is 26. The quantitative estimate of drug-likeness (QED) is 0.0294. The van der Waals surface area contributed by atoms with Crippen LogP contribution in [0, 0.1) is 0 Å². The maximum atomic E-state index is 12.9. The Morgan fingerprint density at radius 3 is 1.03 bits per heavy atom. The molecule has 0 spiro atoms. The zero-order valence-corrected chi connectivity index (χ0v) is 47.1. The van der Waals surface area contributed by atoms with Crippen molar-refractivity contribution in [1.29, 1.82) is 0 Å². The van der Waals surface area contributed by atoms with Gasteiger partial charge in [-0.15, -0.1) is 0 Å². The summed E-state index contributed by atoms with van der Waals surface area (Å²) >= 11 is 0. The first-order valence-corrected chi connectivity index (χ1v) is 30.4. The van der Waals surface area contributed by atoms with Crippen LogP contribution in [0.1, 0.15) is 12.6 Å². The van der Waals surface area contributed by atoms with Gasteiger partial charge in [0.15, 0.2) is 0 Å². The number of morpholine rings is 2. The van der Waals surface area contributed by atoms with E-state index in [2.05, 4.69) is 51.2 Å². The van der Waals surface area contributed by atoms with Gasteiger partial charge in [0.2, 0.25) is 35.7 Å². The Bertz CT molecular complexity index is 3840. The molecule has 0 radical (unpaired) electrons. The summed E-state index contributed by atoms with van der Waals surface area (Å²) in [6.45, 7) is 1.87. The van der Waals surface area contributed by atoms with E-state index >= 15 is 0 Å². The Morgan fingerprint density at radius 1 is 0.405 bits per heavy atom. The van der Waals surface area contributed by atoms with Gasteiger partial charge in [0.05, 0.1) is 47.6 Å². The first-order chi connectivity index (χ1) is 36.4. The third-order valence-corrected chi connectivity index (χ3v) is 16.3. The standard InChI is InChI=1S/C40H40N12O20S6.Na.H/c53-73(54,55)27-7-9-31(75(59,60)61)29(21-27)43-37-45-35(47-39(49-37)51-11-15-71-16-12-51)41-25-5-3-23(33(19-25)77(65,66)67)1-2-24-4-6-26(20-34(24)78(68,69)70)42-36-46-38(50-40(48-36)52-13-17-72-18-14-52)44-30-22-28(74(56,57)58)8-10-32(30)76(62,63)64;;/h1-10,19-22H,11-18H2,(H,53,54,55)(H,56,57,58)(H,59,60,61)(H,62,63,64)(H,65,66,67)(H,68,69,70)(H2,41,43,45,47,49)(H2,42,44,46,48,50);;/q;+1;-1/b2-1+;;. The number of nitrogens with zero attached hydrogens (tertiary/aromatic N) is 8. The molecule has 2 aromatic heterocycles. The third kappa shape index (κ3) is 15.4. The number of aromatic nitrogens is 6. The van der Waals surface area contributed by atoms with Crippen LogP contribution in [0.4, 0.5) is 58.4 Å². The van der Waals surface area contributed by atoms with Crippen molar-refractivity contribution >= 4 is 131 Å². The van der Waals surface area contributed by atoms with E-state index in [1.165, 1.54) is 24.3 Å². The van der Waals surface area contributed by atoms with E-state index in [0.717, 1.165) is 36.4 Å². The minimum Gasteiger partial charge on any atom is -1.00 e. The minimum absolute atomic E-state index is 0. The van der Waals surface area contributed by atoms with Gasteiger partial charge in [0.25, 0.3) is 60.7 Å². The van der Waals surface area contributed by atoms with E-state index < -0.39 is 113 Å². The molecule has 10 N–H and O–H groups in total. The third-order valence-electron chi connectivity index (χ3n) is 10.9. The maximum absolute atomic E-state index is 12.9. The van der Waals surface area contributed by atoms with Gasteiger partial charge in [0, 0.05) is 37.6 Å². The van der Waals surface area contributed by atoms with Gasteiger partial charge in [-0.3, -0.25) is 27.3 Å². The molecule has 6 aromatic rings. The molecule has 8 rings (SSSR count). The van der Waals surface area contributed by atoms with Gasteiger partial charge in [-0.05, 0) is 71.8 Å². The fourth-order valence-electron chi connectivity index (χ4n) is 7.37. The topological polar surface area (TPSA) is 477 Å². The second-order valence-electron chi connectivity index (χ2n) is 16.3. The van der Waals surface area contributed by atoms with Gasteiger partial charge < -0.3 is 42.0 Å². The van der Waals surface area contributed by atoms with Crippen molar-refractivity contribution in [1.82, 2.24) is 29.9 Å². The van der Waals surface area contributed by atoms with E-state index in [4.69, 9.17) is 9.47 Å². The number of anilines is 10. The van der Waals surface area contributed by atoms with Gasteiger partial charge in [-0.2, -0.15) is 80.4 Å². The van der Waals surface area contributed by atoms with Crippen LogP contribution in [0.2, 0.25) is 0 Å². The van der Waals surface area contributed by atoms with Crippen molar-refractivity contribution in [2.24, 2.45) is 0 Å². The van der Waals surface area contributed by atoms with Crippen LogP contribution in [-0.2, 0) is 70.2 Å². The van der Waals surface area contributed by atoms with Crippen molar-refractivity contribution < 1.29 is 118 Å². The van der Waals surface area contributed by atoms with Crippen LogP contribution in [0.3, 0.4) is 0 Å². The summed E-state index contributed by atoms with van der Waals surface area (Å²) in [4.78, 5) is 24.1. The summed E-state index contributed by atoms with van der Waals surface area (Å²) in [6, 6.07) is 11.0. The fraction of sp³-hybridized carbons (Fsp3) is 0.200. The first kappa shape index (κ1) is 60.5. The molecule has 79 heavy (non-hydrogen) atoms.